The van der Waals surface area contributed by atoms with Crippen molar-refractivity contribution < 1.29 is 0 Å². The number of benzene rings is 18. The average Bonchev–Trinajstić information content (AvgIpc) is 1.68. The van der Waals surface area contributed by atoms with Crippen LogP contribution in [0.2, 0.25) is 0 Å². The topological polar surface area (TPSA) is 68.2 Å². The van der Waals surface area contributed by atoms with Crippen LogP contribution in [0.4, 0.5) is 0 Å². The minimum absolute atomic E-state index is 0.981. The van der Waals surface area contributed by atoms with Crippen LogP contribution in [0.15, 0.2) is 492 Å². The molecule has 0 saturated heterocycles. The van der Waals surface area contributed by atoms with Crippen molar-refractivity contribution in [2.45, 2.75) is 0 Å². The normalized spacial score (nSPS) is 11.6. The lowest BCUT2D eigenvalue weighted by Crippen LogP contribution is -1.94. The van der Waals surface area contributed by atoms with Gasteiger partial charge in [0.15, 0.2) is 0 Å². The van der Waals surface area contributed by atoms with E-state index >= 15 is 0 Å². The summed E-state index contributed by atoms with van der Waals surface area (Å²) in [4.78, 5) is 13.2. The summed E-state index contributed by atoms with van der Waals surface area (Å²) in [5.74, 6) is 0. The predicted octanol–water partition coefficient (Wildman–Crippen LogP) is 31.8. The van der Waals surface area contributed by atoms with Gasteiger partial charge in [-0.2, -0.15) is 0 Å². The molecule has 132 heavy (non-hydrogen) atoms. The number of hydrogen-bond acceptors (Lipinski definition) is 3. The minimum Gasteiger partial charge on any atom is -0.309 e. The standard InChI is InChI=1S/3C41H27N3/c2*1-2-10-31(11-3-1)43-38-15-6-4-12-33(38)35-26-29(19-23-40(35)43)30-20-24-41-36(27-30)34-13-5-7-16-39(34)44(41)32-21-17-28(18-22-32)37-14-8-9-25-42-37;1-2-8-32(9-3-1)43-38-12-6-4-10-34(38)36-26-30(16-20-40(36)43)31-17-21-41-37(27-31)35-11-5-7-13-39(35)44(41)33-18-14-28(15-19-33)29-22-24-42-25-23-29/h3*1-27H. The van der Waals surface area contributed by atoms with E-state index in [9.17, 15) is 0 Å². The predicted molar refractivity (Wildman–Crippen MR) is 551 cm³/mol. The molecule has 0 spiro atoms. The smallest absolute Gasteiger partial charge is 0.0701 e. The van der Waals surface area contributed by atoms with Crippen molar-refractivity contribution in [2.24, 2.45) is 0 Å². The summed E-state index contributed by atoms with van der Waals surface area (Å²) in [6.45, 7) is 0. The fourth-order valence-corrected chi connectivity index (χ4v) is 20.3. The summed E-state index contributed by atoms with van der Waals surface area (Å²) in [7, 11) is 0. The Morgan fingerprint density at radius 1 is 0.121 bits per heavy atom. The van der Waals surface area contributed by atoms with Crippen molar-refractivity contribution in [3.05, 3.63) is 492 Å². The molecular weight excluding hydrogens is 1600 g/mol. The monoisotopic (exact) mass is 1680 g/mol. The molecule has 9 nitrogen and oxygen atoms in total. The molecule has 9 heteroatoms. The van der Waals surface area contributed by atoms with Crippen molar-refractivity contribution in [3.8, 4) is 101 Å². The van der Waals surface area contributed by atoms with E-state index in [1.807, 2.05) is 73.3 Å². The lowest BCUT2D eigenvalue weighted by molar-refractivity contribution is 1.18. The summed E-state index contributed by atoms with van der Waals surface area (Å²) >= 11 is 0. The molecule has 0 aliphatic carbocycles. The summed E-state index contributed by atoms with van der Waals surface area (Å²) < 4.78 is 14.2. The van der Waals surface area contributed by atoms with Crippen molar-refractivity contribution in [1.29, 1.82) is 0 Å². The summed E-state index contributed by atoms with van der Waals surface area (Å²) in [5, 5.41) is 15.1. The molecule has 0 fully saturated rings. The number of aromatic nitrogens is 9. The molecule has 0 bridgehead atoms. The van der Waals surface area contributed by atoms with Gasteiger partial charge in [0, 0.05) is 135 Å². The van der Waals surface area contributed by atoms with E-state index in [4.69, 9.17) is 0 Å². The van der Waals surface area contributed by atoms with E-state index in [1.165, 1.54) is 192 Å². The Bertz CT molecular complexity index is 8240. The maximum atomic E-state index is 4.52. The number of hydrogen-bond donors (Lipinski definition) is 0. The summed E-state index contributed by atoms with van der Waals surface area (Å²) in [6, 6.07) is 168. The van der Waals surface area contributed by atoms with Crippen LogP contribution < -0.4 is 0 Å². The number of fused-ring (bicyclic) bond motifs is 18. The average molecular weight is 1690 g/mol. The summed E-state index contributed by atoms with van der Waals surface area (Å²) in [5.41, 5.74) is 35.3. The molecule has 0 N–H and O–H groups in total. The second-order valence-electron chi connectivity index (χ2n) is 33.8. The number of para-hydroxylation sites is 9. The van der Waals surface area contributed by atoms with E-state index < -0.39 is 0 Å². The van der Waals surface area contributed by atoms with Gasteiger partial charge in [0.05, 0.1) is 77.6 Å². The highest BCUT2D eigenvalue weighted by Gasteiger charge is 2.23. The molecule has 27 rings (SSSR count). The first-order chi connectivity index (χ1) is 65.5. The number of pyridine rings is 3. The Labute approximate surface area is 761 Å². The van der Waals surface area contributed by atoms with E-state index in [1.54, 1.807) is 0 Å². The first-order valence-electron chi connectivity index (χ1n) is 44.9. The molecule has 0 aliphatic rings. The molecule has 9 aromatic heterocycles. The van der Waals surface area contributed by atoms with E-state index in [0.29, 0.717) is 0 Å². The van der Waals surface area contributed by atoms with Gasteiger partial charge in [-0.3, -0.25) is 15.0 Å². The Morgan fingerprint density at radius 2 is 0.311 bits per heavy atom. The van der Waals surface area contributed by atoms with Crippen molar-refractivity contribution >= 4 is 131 Å². The van der Waals surface area contributed by atoms with Crippen LogP contribution >= 0.6 is 0 Å². The van der Waals surface area contributed by atoms with Crippen LogP contribution in [0, 0.1) is 0 Å². The second kappa shape index (κ2) is 32.3. The highest BCUT2D eigenvalue weighted by molar-refractivity contribution is 6.17. The highest BCUT2D eigenvalue weighted by atomic mass is 15.0. The molecule has 18 aromatic carbocycles. The minimum atomic E-state index is 0.981. The van der Waals surface area contributed by atoms with Crippen LogP contribution in [0.5, 0.6) is 0 Å². The second-order valence-corrected chi connectivity index (χ2v) is 33.8. The Hall–Kier alpha value is -17.8. The van der Waals surface area contributed by atoms with Crippen molar-refractivity contribution in [2.75, 3.05) is 0 Å². The molecule has 9 heterocycles. The quantitative estimate of drug-likeness (QED) is 0.122. The van der Waals surface area contributed by atoms with Gasteiger partial charge >= 0.3 is 0 Å². The van der Waals surface area contributed by atoms with E-state index in [-0.39, 0.29) is 0 Å². The zero-order valence-electron chi connectivity index (χ0n) is 71.8. The maximum absolute atomic E-state index is 4.52. The van der Waals surface area contributed by atoms with Crippen molar-refractivity contribution in [1.82, 2.24) is 42.4 Å². The zero-order chi connectivity index (χ0) is 87.1. The molecule has 27 aromatic rings. The molecule has 0 atom stereocenters. The van der Waals surface area contributed by atoms with Gasteiger partial charge in [0.25, 0.3) is 0 Å². The van der Waals surface area contributed by atoms with Crippen LogP contribution in [0.25, 0.3) is 232 Å². The molecule has 0 amide bonds. The van der Waals surface area contributed by atoms with Crippen LogP contribution in [0.1, 0.15) is 0 Å². The van der Waals surface area contributed by atoms with Crippen molar-refractivity contribution in [3.63, 3.8) is 0 Å². The van der Waals surface area contributed by atoms with Crippen LogP contribution in [-0.2, 0) is 0 Å². The van der Waals surface area contributed by atoms with Gasteiger partial charge in [-0.25, -0.2) is 0 Å². The third-order valence-corrected chi connectivity index (χ3v) is 26.4. The summed E-state index contributed by atoms with van der Waals surface area (Å²) in [6.07, 6.45) is 7.36. The van der Waals surface area contributed by atoms with E-state index in [2.05, 4.69) is 461 Å². The third kappa shape index (κ3) is 13.2. The molecule has 0 aliphatic heterocycles. The van der Waals surface area contributed by atoms with Gasteiger partial charge in [0.2, 0.25) is 0 Å². The third-order valence-electron chi connectivity index (χ3n) is 26.4. The first-order valence-corrected chi connectivity index (χ1v) is 44.9. The molecule has 0 radical (unpaired) electrons. The maximum Gasteiger partial charge on any atom is 0.0701 e. The Balaban J connectivity index is 0.000000106. The van der Waals surface area contributed by atoms with Gasteiger partial charge in [-0.15, -0.1) is 0 Å². The number of rotatable bonds is 12. The molecule has 0 saturated carbocycles. The number of nitrogens with zero attached hydrogens (tertiary/aromatic N) is 9. The Morgan fingerprint density at radius 3 is 0.545 bits per heavy atom. The van der Waals surface area contributed by atoms with Gasteiger partial charge in [0.1, 0.15) is 0 Å². The van der Waals surface area contributed by atoms with Gasteiger partial charge in [-0.1, -0.05) is 249 Å². The van der Waals surface area contributed by atoms with Gasteiger partial charge < -0.3 is 27.4 Å². The molecule has 0 unspecified atom stereocenters. The van der Waals surface area contributed by atoms with Crippen LogP contribution in [-0.4, -0.2) is 42.4 Å². The fourth-order valence-electron chi connectivity index (χ4n) is 20.3. The first kappa shape index (κ1) is 76.6. The Kier molecular flexibility index (Phi) is 18.7. The lowest BCUT2D eigenvalue weighted by atomic mass is 10.0. The van der Waals surface area contributed by atoms with Crippen LogP contribution in [0.3, 0.4) is 0 Å². The zero-order valence-corrected chi connectivity index (χ0v) is 71.8. The largest absolute Gasteiger partial charge is 0.309 e. The fraction of sp³-hybridized carbons (Fsp3) is 0. The molecule has 618 valence electrons. The van der Waals surface area contributed by atoms with E-state index in [0.717, 1.165) is 39.6 Å². The SMILES string of the molecule is c1ccc(-n2c3ccccc3c3cc(-c4ccc5c(c4)c4ccccc4n5-c4ccc(-c5ccccn5)cc4)ccc32)cc1.c1ccc(-n2c3ccccc3c3cc(-c4ccc5c(c4)c4ccccc4n5-c4ccc(-c5ccccn5)cc4)ccc32)cc1.c1ccc(-n2c3ccccc3c3cc(-c4ccc5c(c4)c4ccccc4n5-c4ccc(-c5ccncc5)cc4)ccc32)cc1. The molecular formula is C123H81N9. The lowest BCUT2D eigenvalue weighted by Gasteiger charge is -2.10. The highest BCUT2D eigenvalue weighted by Crippen LogP contribution is 2.45. The van der Waals surface area contributed by atoms with Gasteiger partial charge in [-0.05, 0) is 263 Å².